The molecule has 0 N–H and O–H groups in total. The molecule has 2 amide bonds. The summed E-state index contributed by atoms with van der Waals surface area (Å²) in [6.45, 7) is -0.552. The molecule has 0 aromatic heterocycles. The van der Waals surface area contributed by atoms with Gasteiger partial charge in [-0.2, -0.15) is 0 Å². The molecule has 7 nitrogen and oxygen atoms in total. The molecule has 4 rings (SSSR count). The van der Waals surface area contributed by atoms with Gasteiger partial charge in [-0.15, -0.1) is 0 Å². The van der Waals surface area contributed by atoms with Crippen molar-refractivity contribution in [3.63, 3.8) is 0 Å². The molecule has 1 aliphatic heterocycles. The number of hydrogen-bond acceptors (Lipinski definition) is 6. The highest BCUT2D eigenvalue weighted by Gasteiger charge is 2.38. The zero-order valence-electron chi connectivity index (χ0n) is 17.1. The molecule has 0 aliphatic carbocycles. The summed E-state index contributed by atoms with van der Waals surface area (Å²) in [6.07, 6.45) is 0. The molecule has 1 heterocycles. The molecular weight excluding hydrogens is 469 g/mol. The van der Waals surface area contributed by atoms with Crippen LogP contribution in [0, 0.1) is 0 Å². The third kappa shape index (κ3) is 4.08. The van der Waals surface area contributed by atoms with Gasteiger partial charge in [-0.25, -0.2) is 9.69 Å². The van der Waals surface area contributed by atoms with E-state index in [1.54, 1.807) is 42.5 Å². The van der Waals surface area contributed by atoms with Crippen molar-refractivity contribution in [2.24, 2.45) is 0 Å². The summed E-state index contributed by atoms with van der Waals surface area (Å²) in [6, 6.07) is 15.3. The van der Waals surface area contributed by atoms with Crippen molar-refractivity contribution in [3.8, 4) is 5.75 Å². The zero-order valence-corrected chi connectivity index (χ0v) is 18.6. The summed E-state index contributed by atoms with van der Waals surface area (Å²) in [5, 5.41) is 0.194. The number of Topliss-reactive ketones (excluding diaryl/α,β-unsaturated/α-hetero) is 1. The van der Waals surface area contributed by atoms with Gasteiger partial charge in [-0.1, -0.05) is 47.5 Å². The second-order valence-electron chi connectivity index (χ2n) is 6.97. The average molecular weight is 484 g/mol. The van der Waals surface area contributed by atoms with Crippen molar-refractivity contribution in [3.05, 3.63) is 93.0 Å². The molecule has 166 valence electrons. The van der Waals surface area contributed by atoms with Gasteiger partial charge in [0.25, 0.3) is 11.8 Å². The second kappa shape index (κ2) is 9.05. The number of ketones is 1. The third-order valence-corrected chi connectivity index (χ3v) is 5.66. The lowest BCUT2D eigenvalue weighted by molar-refractivity contribution is 0.0471. The number of fused-ring (bicyclic) bond motifs is 1. The SMILES string of the molecule is COc1cc(N2C(=O)c3ccccc3C2=O)c(Cl)cc1C(=O)OCC(=O)c1ccccc1Cl. The number of amides is 2. The van der Waals surface area contributed by atoms with Gasteiger partial charge in [-0.3, -0.25) is 14.4 Å². The summed E-state index contributed by atoms with van der Waals surface area (Å²) in [5.41, 5.74) is 0.703. The predicted octanol–water partition coefficient (Wildman–Crippen LogP) is 4.84. The van der Waals surface area contributed by atoms with Crippen molar-refractivity contribution < 1.29 is 28.7 Å². The Bertz CT molecular complexity index is 1290. The second-order valence-corrected chi connectivity index (χ2v) is 7.79. The standard InChI is InChI=1S/C24H15Cl2NO6/c1-32-21-11-19(27-22(29)13-6-2-3-7-14(13)23(27)30)18(26)10-16(21)24(31)33-12-20(28)15-8-4-5-9-17(15)25/h2-11H,12H2,1H3. The highest BCUT2D eigenvalue weighted by molar-refractivity contribution is 6.40. The Hall–Kier alpha value is -3.68. The normalized spacial score (nSPS) is 12.5. The molecule has 0 spiro atoms. The van der Waals surface area contributed by atoms with Crippen LogP contribution in [0.25, 0.3) is 0 Å². The van der Waals surface area contributed by atoms with Gasteiger partial charge in [0.2, 0.25) is 5.78 Å². The lowest BCUT2D eigenvalue weighted by Gasteiger charge is -2.18. The Morgan fingerprint density at radius 2 is 1.45 bits per heavy atom. The van der Waals surface area contributed by atoms with Crippen molar-refractivity contribution in [1.29, 1.82) is 0 Å². The summed E-state index contributed by atoms with van der Waals surface area (Å²) in [5.74, 6) is -2.42. The Morgan fingerprint density at radius 3 is 2.06 bits per heavy atom. The lowest BCUT2D eigenvalue weighted by atomic mass is 10.1. The van der Waals surface area contributed by atoms with Crippen LogP contribution in [0.1, 0.15) is 41.4 Å². The first-order valence-electron chi connectivity index (χ1n) is 9.63. The fourth-order valence-corrected chi connectivity index (χ4v) is 3.91. The van der Waals surface area contributed by atoms with Gasteiger partial charge in [0.1, 0.15) is 11.3 Å². The van der Waals surface area contributed by atoms with Crippen LogP contribution < -0.4 is 9.64 Å². The average Bonchev–Trinajstić information content (AvgIpc) is 3.07. The maximum atomic E-state index is 12.8. The van der Waals surface area contributed by atoms with Gasteiger partial charge in [0.05, 0.1) is 34.0 Å². The fraction of sp³-hybridized carbons (Fsp3) is 0.0833. The minimum Gasteiger partial charge on any atom is -0.496 e. The summed E-state index contributed by atoms with van der Waals surface area (Å²) >= 11 is 12.3. The minimum atomic E-state index is -0.872. The van der Waals surface area contributed by atoms with Crippen LogP contribution in [-0.4, -0.2) is 37.3 Å². The molecular formula is C24H15Cl2NO6. The molecule has 0 atom stereocenters. The number of hydrogen-bond donors (Lipinski definition) is 0. The van der Waals surface area contributed by atoms with Crippen LogP contribution in [0.2, 0.25) is 10.0 Å². The van der Waals surface area contributed by atoms with E-state index in [0.717, 1.165) is 4.90 Å². The van der Waals surface area contributed by atoms with E-state index in [1.165, 1.54) is 25.3 Å². The summed E-state index contributed by atoms with van der Waals surface area (Å²) in [7, 11) is 1.31. The van der Waals surface area contributed by atoms with Crippen LogP contribution in [0.4, 0.5) is 5.69 Å². The molecule has 0 saturated heterocycles. The van der Waals surface area contributed by atoms with Gasteiger partial charge < -0.3 is 9.47 Å². The van der Waals surface area contributed by atoms with E-state index < -0.39 is 30.2 Å². The Labute approximate surface area is 198 Å². The van der Waals surface area contributed by atoms with Gasteiger partial charge in [0.15, 0.2) is 6.61 Å². The first-order valence-corrected chi connectivity index (χ1v) is 10.4. The van der Waals surface area contributed by atoms with Crippen LogP contribution >= 0.6 is 23.2 Å². The van der Waals surface area contributed by atoms with Crippen molar-refractivity contribution >= 4 is 52.5 Å². The maximum Gasteiger partial charge on any atom is 0.342 e. The molecule has 0 saturated carbocycles. The molecule has 0 bridgehead atoms. The topological polar surface area (TPSA) is 90.0 Å². The minimum absolute atomic E-state index is 0.0150. The molecule has 33 heavy (non-hydrogen) atoms. The molecule has 3 aromatic carbocycles. The largest absolute Gasteiger partial charge is 0.496 e. The van der Waals surface area contributed by atoms with E-state index in [2.05, 4.69) is 0 Å². The molecule has 9 heteroatoms. The summed E-state index contributed by atoms with van der Waals surface area (Å²) in [4.78, 5) is 51.5. The number of imide groups is 1. The smallest absolute Gasteiger partial charge is 0.342 e. The first-order chi connectivity index (χ1) is 15.8. The number of carbonyl (C=O) groups excluding carboxylic acids is 4. The highest BCUT2D eigenvalue weighted by atomic mass is 35.5. The fourth-order valence-electron chi connectivity index (χ4n) is 3.42. The molecule has 0 radical (unpaired) electrons. The summed E-state index contributed by atoms with van der Waals surface area (Å²) < 4.78 is 10.4. The number of rotatable bonds is 6. The van der Waals surface area contributed by atoms with E-state index >= 15 is 0 Å². The number of benzene rings is 3. The molecule has 3 aromatic rings. The van der Waals surface area contributed by atoms with Gasteiger partial charge >= 0.3 is 5.97 Å². The van der Waals surface area contributed by atoms with Crippen LogP contribution in [0.15, 0.2) is 60.7 Å². The number of carbonyl (C=O) groups is 4. The quantitative estimate of drug-likeness (QED) is 0.283. The monoisotopic (exact) mass is 483 g/mol. The van der Waals surface area contributed by atoms with Gasteiger partial charge in [0, 0.05) is 11.6 Å². The van der Waals surface area contributed by atoms with Crippen LogP contribution in [0.5, 0.6) is 5.75 Å². The first kappa shape index (κ1) is 22.5. The van der Waals surface area contributed by atoms with E-state index in [1.807, 2.05) is 0 Å². The Morgan fingerprint density at radius 1 is 0.848 bits per heavy atom. The number of anilines is 1. The molecule has 0 unspecified atom stereocenters. The van der Waals surface area contributed by atoms with Crippen LogP contribution in [0.3, 0.4) is 0 Å². The van der Waals surface area contributed by atoms with Crippen LogP contribution in [-0.2, 0) is 4.74 Å². The van der Waals surface area contributed by atoms with E-state index in [0.29, 0.717) is 0 Å². The number of nitrogens with zero attached hydrogens (tertiary/aromatic N) is 1. The highest BCUT2D eigenvalue weighted by Crippen LogP contribution is 2.38. The maximum absolute atomic E-state index is 12.8. The van der Waals surface area contributed by atoms with E-state index in [4.69, 9.17) is 32.7 Å². The van der Waals surface area contributed by atoms with Crippen molar-refractivity contribution in [2.45, 2.75) is 0 Å². The zero-order chi connectivity index (χ0) is 23.7. The van der Waals surface area contributed by atoms with Gasteiger partial charge in [-0.05, 0) is 30.3 Å². The lowest BCUT2D eigenvalue weighted by Crippen LogP contribution is -2.29. The van der Waals surface area contributed by atoms with Crippen molar-refractivity contribution in [2.75, 3.05) is 18.6 Å². The Kier molecular flexibility index (Phi) is 6.18. The third-order valence-electron chi connectivity index (χ3n) is 5.03. The number of halogens is 2. The number of esters is 1. The predicted molar refractivity (Wildman–Crippen MR) is 122 cm³/mol. The number of ether oxygens (including phenoxy) is 2. The number of methoxy groups -OCH3 is 1. The molecule has 1 aliphatic rings. The van der Waals surface area contributed by atoms with E-state index in [-0.39, 0.29) is 43.7 Å². The molecule has 0 fully saturated rings. The van der Waals surface area contributed by atoms with E-state index in [9.17, 15) is 19.2 Å². The van der Waals surface area contributed by atoms with Crippen molar-refractivity contribution in [1.82, 2.24) is 0 Å². The Balaban J connectivity index is 1.59.